The zero-order valence-electron chi connectivity index (χ0n) is 16.5. The van der Waals surface area contributed by atoms with Crippen molar-refractivity contribution in [3.05, 3.63) is 53.6 Å². The van der Waals surface area contributed by atoms with Gasteiger partial charge < -0.3 is 16.2 Å². The van der Waals surface area contributed by atoms with Crippen LogP contribution < -0.4 is 11.5 Å². The summed E-state index contributed by atoms with van der Waals surface area (Å²) in [6.45, 7) is 0.584. The third-order valence-electron chi connectivity index (χ3n) is 5.24. The van der Waals surface area contributed by atoms with Crippen LogP contribution in [0.25, 0.3) is 10.9 Å². The van der Waals surface area contributed by atoms with Crippen molar-refractivity contribution in [3.8, 4) is 0 Å². The first-order valence-electron chi connectivity index (χ1n) is 9.63. The number of nitrogens with two attached hydrogens (primary N) is 2. The number of nitrogen functional groups attached to an aromatic ring is 2. The van der Waals surface area contributed by atoms with E-state index >= 15 is 0 Å². The summed E-state index contributed by atoms with van der Waals surface area (Å²) in [6, 6.07) is 7.90. The molecule has 1 fully saturated rings. The summed E-state index contributed by atoms with van der Waals surface area (Å²) in [4.78, 5) is 7.64. The van der Waals surface area contributed by atoms with E-state index in [1.54, 1.807) is 6.07 Å². The molecule has 2 heterocycles. The maximum Gasteiger partial charge on any atom is 0.245 e. The van der Waals surface area contributed by atoms with Crippen molar-refractivity contribution >= 4 is 32.7 Å². The molecule has 0 amide bonds. The summed E-state index contributed by atoms with van der Waals surface area (Å²) in [5, 5.41) is 0.670. The lowest BCUT2D eigenvalue weighted by Crippen LogP contribution is -2.41. The second-order valence-corrected chi connectivity index (χ2v) is 9.17. The van der Waals surface area contributed by atoms with Crippen molar-refractivity contribution in [1.82, 2.24) is 14.3 Å². The van der Waals surface area contributed by atoms with Crippen LogP contribution in [0.4, 0.5) is 20.5 Å². The zero-order chi connectivity index (χ0) is 22.2. The third kappa shape index (κ3) is 4.29. The van der Waals surface area contributed by atoms with E-state index in [0.29, 0.717) is 29.8 Å². The van der Waals surface area contributed by atoms with E-state index in [0.717, 1.165) is 17.7 Å². The highest BCUT2D eigenvalue weighted by Crippen LogP contribution is 2.27. The Morgan fingerprint density at radius 1 is 1.10 bits per heavy atom. The van der Waals surface area contributed by atoms with Gasteiger partial charge in [0, 0.05) is 24.5 Å². The van der Waals surface area contributed by atoms with E-state index in [4.69, 9.17) is 16.2 Å². The van der Waals surface area contributed by atoms with Crippen molar-refractivity contribution in [2.45, 2.75) is 30.4 Å². The molecule has 0 atom stereocenters. The fourth-order valence-electron chi connectivity index (χ4n) is 3.69. The highest BCUT2D eigenvalue weighted by atomic mass is 32.2. The number of halogens is 2. The number of aromatic nitrogens is 2. The predicted octanol–water partition coefficient (Wildman–Crippen LogP) is 2.44. The van der Waals surface area contributed by atoms with Gasteiger partial charge in [0.25, 0.3) is 0 Å². The van der Waals surface area contributed by atoms with Gasteiger partial charge in [-0.25, -0.2) is 22.2 Å². The van der Waals surface area contributed by atoms with Gasteiger partial charge in [-0.15, -0.1) is 0 Å². The van der Waals surface area contributed by atoms with Crippen LogP contribution in [-0.2, 0) is 21.4 Å². The topological polar surface area (TPSA) is 124 Å². The molecule has 3 aromatic rings. The second kappa shape index (κ2) is 8.33. The molecule has 1 aromatic heterocycles. The number of hydrogen-bond acceptors (Lipinski definition) is 7. The minimum Gasteiger partial charge on any atom is -0.383 e. The Morgan fingerprint density at radius 2 is 1.84 bits per heavy atom. The summed E-state index contributed by atoms with van der Waals surface area (Å²) in [7, 11) is -4.05. The van der Waals surface area contributed by atoms with E-state index in [9.17, 15) is 17.2 Å². The Morgan fingerprint density at radius 3 is 2.55 bits per heavy atom. The summed E-state index contributed by atoms with van der Waals surface area (Å²) in [5.74, 6) is -1.57. The number of anilines is 2. The SMILES string of the molecule is Nc1nc(N)c2c(COC3CCN(S(=O)(=O)c4ccc(F)cc4F)CC3)cccc2n1. The van der Waals surface area contributed by atoms with Crippen LogP contribution in [0, 0.1) is 11.6 Å². The minimum atomic E-state index is -4.05. The van der Waals surface area contributed by atoms with Crippen LogP contribution in [0.3, 0.4) is 0 Å². The fourth-order valence-corrected chi connectivity index (χ4v) is 5.21. The zero-order valence-corrected chi connectivity index (χ0v) is 17.3. The molecule has 0 bridgehead atoms. The Balaban J connectivity index is 1.42. The lowest BCUT2D eigenvalue weighted by molar-refractivity contribution is 0.0107. The molecule has 4 rings (SSSR count). The van der Waals surface area contributed by atoms with E-state index < -0.39 is 26.6 Å². The van der Waals surface area contributed by atoms with Crippen LogP contribution in [0.2, 0.25) is 0 Å². The Hall–Kier alpha value is -2.89. The highest BCUT2D eigenvalue weighted by molar-refractivity contribution is 7.89. The predicted molar refractivity (Wildman–Crippen MR) is 111 cm³/mol. The van der Waals surface area contributed by atoms with Crippen LogP contribution in [0.15, 0.2) is 41.3 Å². The lowest BCUT2D eigenvalue weighted by Gasteiger charge is -2.31. The number of hydrogen-bond donors (Lipinski definition) is 2. The van der Waals surface area contributed by atoms with Gasteiger partial charge in [-0.3, -0.25) is 0 Å². The van der Waals surface area contributed by atoms with Crippen molar-refractivity contribution < 1.29 is 21.9 Å². The van der Waals surface area contributed by atoms with E-state index in [1.165, 1.54) is 4.31 Å². The molecule has 1 aliphatic rings. The Bertz CT molecular complexity index is 1230. The van der Waals surface area contributed by atoms with Crippen LogP contribution in [0.1, 0.15) is 18.4 Å². The molecular formula is C20H21F2N5O3S. The fraction of sp³-hybridized carbons (Fsp3) is 0.300. The number of benzene rings is 2. The third-order valence-corrected chi connectivity index (χ3v) is 7.17. The normalized spacial score (nSPS) is 16.1. The molecule has 2 aromatic carbocycles. The first kappa shape index (κ1) is 21.3. The molecule has 0 saturated carbocycles. The number of ether oxygens (including phenoxy) is 1. The molecule has 164 valence electrons. The highest BCUT2D eigenvalue weighted by Gasteiger charge is 2.31. The standard InChI is InChI=1S/C20H21F2N5O3S/c21-13-4-5-17(15(22)10-13)31(28,29)27-8-6-14(7-9-27)30-11-12-2-1-3-16-18(12)19(23)26-20(24)25-16/h1-5,10,14H,6-9,11H2,(H4,23,24,25,26). The van der Waals surface area contributed by atoms with E-state index in [2.05, 4.69) is 9.97 Å². The molecule has 1 aliphatic heterocycles. The van der Waals surface area contributed by atoms with Gasteiger partial charge in [-0.05, 0) is 36.6 Å². The number of piperidine rings is 1. The molecule has 31 heavy (non-hydrogen) atoms. The molecule has 1 saturated heterocycles. The summed E-state index contributed by atoms with van der Waals surface area (Å²) in [5.41, 5.74) is 13.1. The first-order chi connectivity index (χ1) is 14.8. The van der Waals surface area contributed by atoms with Gasteiger partial charge in [-0.1, -0.05) is 12.1 Å². The number of sulfonamides is 1. The van der Waals surface area contributed by atoms with Crippen LogP contribution in [-0.4, -0.2) is 41.9 Å². The number of rotatable bonds is 5. The molecule has 4 N–H and O–H groups in total. The average Bonchev–Trinajstić information content (AvgIpc) is 2.71. The van der Waals surface area contributed by atoms with E-state index in [1.807, 2.05) is 12.1 Å². The van der Waals surface area contributed by atoms with Crippen LogP contribution >= 0.6 is 0 Å². The van der Waals surface area contributed by atoms with Crippen molar-refractivity contribution in [3.63, 3.8) is 0 Å². The van der Waals surface area contributed by atoms with Crippen molar-refractivity contribution in [1.29, 1.82) is 0 Å². The van der Waals surface area contributed by atoms with Gasteiger partial charge in [0.05, 0.1) is 18.2 Å². The minimum absolute atomic E-state index is 0.0919. The maximum atomic E-state index is 14.0. The quantitative estimate of drug-likeness (QED) is 0.613. The second-order valence-electron chi connectivity index (χ2n) is 7.27. The molecular weight excluding hydrogens is 428 g/mol. The summed E-state index contributed by atoms with van der Waals surface area (Å²) < 4.78 is 59.7. The van der Waals surface area contributed by atoms with E-state index in [-0.39, 0.29) is 37.6 Å². The molecule has 0 unspecified atom stereocenters. The van der Waals surface area contributed by atoms with Gasteiger partial charge in [-0.2, -0.15) is 9.29 Å². The van der Waals surface area contributed by atoms with Gasteiger partial charge >= 0.3 is 0 Å². The first-order valence-corrected chi connectivity index (χ1v) is 11.1. The molecule has 11 heteroatoms. The molecule has 8 nitrogen and oxygen atoms in total. The van der Waals surface area contributed by atoms with Crippen molar-refractivity contribution in [2.24, 2.45) is 0 Å². The average molecular weight is 449 g/mol. The van der Waals surface area contributed by atoms with Crippen molar-refractivity contribution in [2.75, 3.05) is 24.6 Å². The molecule has 0 aliphatic carbocycles. The summed E-state index contributed by atoms with van der Waals surface area (Å²) in [6.07, 6.45) is 0.688. The van der Waals surface area contributed by atoms with Gasteiger partial charge in [0.15, 0.2) is 0 Å². The van der Waals surface area contributed by atoms with Crippen LogP contribution in [0.5, 0.6) is 0 Å². The Labute approximate surface area is 177 Å². The monoisotopic (exact) mass is 449 g/mol. The maximum absolute atomic E-state index is 14.0. The summed E-state index contributed by atoms with van der Waals surface area (Å²) >= 11 is 0. The Kier molecular flexibility index (Phi) is 5.73. The molecule has 0 radical (unpaired) electrons. The molecule has 0 spiro atoms. The number of fused-ring (bicyclic) bond motifs is 1. The smallest absolute Gasteiger partial charge is 0.245 e. The largest absolute Gasteiger partial charge is 0.383 e. The van der Waals surface area contributed by atoms with Gasteiger partial charge in [0.2, 0.25) is 16.0 Å². The van der Waals surface area contributed by atoms with Gasteiger partial charge in [0.1, 0.15) is 22.3 Å². The number of nitrogens with zero attached hydrogens (tertiary/aromatic N) is 3. The lowest BCUT2D eigenvalue weighted by atomic mass is 10.1.